The van der Waals surface area contributed by atoms with Crippen LogP contribution in [0.25, 0.3) is 0 Å². The van der Waals surface area contributed by atoms with E-state index in [0.29, 0.717) is 6.42 Å². The molecule has 0 bridgehead atoms. The Morgan fingerprint density at radius 3 is 1.75 bits per heavy atom. The predicted octanol–water partition coefficient (Wildman–Crippen LogP) is 0.635. The minimum atomic E-state index is -0.892. The van der Waals surface area contributed by atoms with Crippen LogP contribution in [-0.4, -0.2) is 23.4 Å². The summed E-state index contributed by atoms with van der Waals surface area (Å²) in [6.45, 7) is 4.36. The standard InChI is InChI=1S/C5H9NO3.C4H10.CH3NO/c6-4(7)2-1-3-5(8)9;1-3-4-2;2-1-3/h1-3H2,(H2,6,7)(H,8,9);3-4H2,1-2H3;1H,(H2,2,3). The van der Waals surface area contributed by atoms with Crippen molar-refractivity contribution in [1.29, 1.82) is 0 Å². The Bertz CT molecular complexity index is 168. The minimum absolute atomic E-state index is 0.0168. The van der Waals surface area contributed by atoms with Gasteiger partial charge in [0.2, 0.25) is 12.3 Å². The zero-order valence-electron chi connectivity index (χ0n) is 9.94. The van der Waals surface area contributed by atoms with Crippen molar-refractivity contribution in [2.45, 2.75) is 46.0 Å². The van der Waals surface area contributed by atoms with Crippen LogP contribution in [0.2, 0.25) is 0 Å². The van der Waals surface area contributed by atoms with Crippen molar-refractivity contribution in [3.05, 3.63) is 0 Å². The Balaban J connectivity index is -0.000000201. The Morgan fingerprint density at radius 1 is 1.19 bits per heavy atom. The molecule has 0 aromatic carbocycles. The quantitative estimate of drug-likeness (QED) is 0.603. The number of rotatable bonds is 5. The summed E-state index contributed by atoms with van der Waals surface area (Å²) in [7, 11) is 0. The zero-order chi connectivity index (χ0) is 13.4. The molecule has 0 heterocycles. The van der Waals surface area contributed by atoms with E-state index >= 15 is 0 Å². The third-order valence-electron chi connectivity index (χ3n) is 1.31. The largest absolute Gasteiger partial charge is 0.481 e. The van der Waals surface area contributed by atoms with Gasteiger partial charge in [-0.1, -0.05) is 26.7 Å². The molecule has 0 saturated carbocycles. The molecule has 0 fully saturated rings. The van der Waals surface area contributed by atoms with E-state index in [1.165, 1.54) is 12.8 Å². The van der Waals surface area contributed by atoms with Crippen molar-refractivity contribution in [3.63, 3.8) is 0 Å². The lowest BCUT2D eigenvalue weighted by Gasteiger charge is -1.89. The first kappa shape index (κ1) is 19.9. The summed E-state index contributed by atoms with van der Waals surface area (Å²) in [5.74, 6) is -1.34. The molecule has 0 rings (SSSR count). The van der Waals surface area contributed by atoms with Gasteiger partial charge in [-0.3, -0.25) is 14.4 Å². The van der Waals surface area contributed by atoms with Crippen LogP contribution >= 0.6 is 0 Å². The van der Waals surface area contributed by atoms with Crippen LogP contribution in [0.1, 0.15) is 46.0 Å². The lowest BCUT2D eigenvalue weighted by Crippen LogP contribution is -2.10. The van der Waals surface area contributed by atoms with Crippen LogP contribution in [-0.2, 0) is 14.4 Å². The number of unbranched alkanes of at least 4 members (excludes halogenated alkanes) is 1. The first-order chi connectivity index (χ1) is 7.45. The van der Waals surface area contributed by atoms with Crippen LogP contribution in [0, 0.1) is 0 Å². The molecule has 0 spiro atoms. The molecule has 0 unspecified atom stereocenters. The molecule has 0 aliphatic rings. The lowest BCUT2D eigenvalue weighted by molar-refractivity contribution is -0.137. The van der Waals surface area contributed by atoms with E-state index in [-0.39, 0.29) is 19.3 Å². The van der Waals surface area contributed by atoms with Gasteiger partial charge < -0.3 is 16.6 Å². The zero-order valence-corrected chi connectivity index (χ0v) is 9.94. The number of primary amides is 2. The van der Waals surface area contributed by atoms with E-state index in [0.717, 1.165) is 0 Å². The number of hydrogen-bond donors (Lipinski definition) is 3. The molecule has 0 aromatic heterocycles. The monoisotopic (exact) mass is 234 g/mol. The highest BCUT2D eigenvalue weighted by Crippen LogP contribution is 1.92. The van der Waals surface area contributed by atoms with Crippen LogP contribution in [0.3, 0.4) is 0 Å². The van der Waals surface area contributed by atoms with Gasteiger partial charge in [0.15, 0.2) is 0 Å². The molecule has 0 aliphatic heterocycles. The van der Waals surface area contributed by atoms with E-state index in [1.807, 2.05) is 0 Å². The van der Waals surface area contributed by atoms with E-state index in [2.05, 4.69) is 19.6 Å². The van der Waals surface area contributed by atoms with Gasteiger partial charge in [0.25, 0.3) is 0 Å². The maximum Gasteiger partial charge on any atom is 0.303 e. The Morgan fingerprint density at radius 2 is 1.56 bits per heavy atom. The van der Waals surface area contributed by atoms with E-state index < -0.39 is 11.9 Å². The van der Waals surface area contributed by atoms with Gasteiger partial charge in [-0.2, -0.15) is 0 Å². The highest BCUT2D eigenvalue weighted by molar-refractivity contribution is 5.74. The van der Waals surface area contributed by atoms with E-state index in [4.69, 9.17) is 15.6 Å². The molecule has 6 nitrogen and oxygen atoms in total. The summed E-state index contributed by atoms with van der Waals surface area (Å²) in [6.07, 6.45) is 3.40. The number of amides is 2. The number of nitrogens with two attached hydrogens (primary N) is 2. The summed E-state index contributed by atoms with van der Waals surface area (Å²) in [5.41, 5.74) is 8.91. The van der Waals surface area contributed by atoms with Gasteiger partial charge in [-0.15, -0.1) is 0 Å². The van der Waals surface area contributed by atoms with Crippen molar-refractivity contribution in [2.24, 2.45) is 11.5 Å². The predicted molar refractivity (Wildman–Crippen MR) is 61.5 cm³/mol. The number of carboxylic acid groups (broad SMARTS) is 1. The lowest BCUT2D eigenvalue weighted by atomic mass is 10.2. The fourth-order valence-corrected chi connectivity index (χ4v) is 0.414. The van der Waals surface area contributed by atoms with Crippen molar-refractivity contribution < 1.29 is 19.5 Å². The maximum atomic E-state index is 10.0. The van der Waals surface area contributed by atoms with Crippen molar-refractivity contribution >= 4 is 18.3 Å². The van der Waals surface area contributed by atoms with Crippen molar-refractivity contribution in [1.82, 2.24) is 0 Å². The molecule has 16 heavy (non-hydrogen) atoms. The number of carbonyl (C=O) groups excluding carboxylic acids is 2. The average Bonchev–Trinajstić information content (AvgIpc) is 2.18. The molecular formula is C10H22N2O4. The van der Waals surface area contributed by atoms with E-state index in [9.17, 15) is 9.59 Å². The Labute approximate surface area is 96.0 Å². The summed E-state index contributed by atoms with van der Waals surface area (Å²) in [6, 6.07) is 0. The minimum Gasteiger partial charge on any atom is -0.481 e. The molecule has 96 valence electrons. The highest BCUT2D eigenvalue weighted by Gasteiger charge is 1.98. The van der Waals surface area contributed by atoms with Crippen LogP contribution in [0.15, 0.2) is 0 Å². The summed E-state index contributed by atoms with van der Waals surface area (Å²) < 4.78 is 0. The third kappa shape index (κ3) is 55.2. The molecule has 0 atom stereocenters. The number of carboxylic acids is 1. The number of hydrogen-bond acceptors (Lipinski definition) is 3. The first-order valence-electron chi connectivity index (χ1n) is 5.11. The van der Waals surface area contributed by atoms with E-state index in [1.54, 1.807) is 0 Å². The van der Waals surface area contributed by atoms with Crippen LogP contribution in [0.5, 0.6) is 0 Å². The SMILES string of the molecule is CCCC.NC(=O)CCCC(=O)O.NC=O. The van der Waals surface area contributed by atoms with Crippen LogP contribution in [0.4, 0.5) is 0 Å². The van der Waals surface area contributed by atoms with Crippen molar-refractivity contribution in [3.8, 4) is 0 Å². The van der Waals surface area contributed by atoms with Gasteiger partial charge in [-0.05, 0) is 6.42 Å². The van der Waals surface area contributed by atoms with Crippen molar-refractivity contribution in [2.75, 3.05) is 0 Å². The summed E-state index contributed by atoms with van der Waals surface area (Å²) in [4.78, 5) is 28.4. The third-order valence-corrected chi connectivity index (χ3v) is 1.31. The molecule has 0 saturated heterocycles. The number of carbonyl (C=O) groups is 3. The second-order valence-electron chi connectivity index (χ2n) is 2.85. The van der Waals surface area contributed by atoms with Gasteiger partial charge in [0, 0.05) is 12.8 Å². The molecule has 5 N–H and O–H groups in total. The number of aliphatic carboxylic acids is 1. The van der Waals surface area contributed by atoms with Gasteiger partial charge in [0.1, 0.15) is 0 Å². The summed E-state index contributed by atoms with van der Waals surface area (Å²) in [5, 5.41) is 8.07. The average molecular weight is 234 g/mol. The smallest absolute Gasteiger partial charge is 0.303 e. The molecule has 2 amide bonds. The molecule has 0 aromatic rings. The first-order valence-corrected chi connectivity index (χ1v) is 5.11. The fourth-order valence-electron chi connectivity index (χ4n) is 0.414. The summed E-state index contributed by atoms with van der Waals surface area (Å²) >= 11 is 0. The molecular weight excluding hydrogens is 212 g/mol. The normalized spacial score (nSPS) is 7.62. The van der Waals surface area contributed by atoms with Gasteiger partial charge in [-0.25, -0.2) is 0 Å². The molecule has 0 aliphatic carbocycles. The second kappa shape index (κ2) is 19.1. The molecule has 0 radical (unpaired) electrons. The fraction of sp³-hybridized carbons (Fsp3) is 0.700. The Hall–Kier alpha value is -1.59. The highest BCUT2D eigenvalue weighted by atomic mass is 16.4. The van der Waals surface area contributed by atoms with Gasteiger partial charge in [0.05, 0.1) is 0 Å². The Kier molecular flexibility index (Phi) is 23.7. The van der Waals surface area contributed by atoms with Crippen LogP contribution < -0.4 is 11.5 Å². The maximum absolute atomic E-state index is 10.0. The molecule has 6 heteroatoms. The van der Waals surface area contributed by atoms with Gasteiger partial charge >= 0.3 is 5.97 Å². The topological polar surface area (TPSA) is 123 Å². The second-order valence-corrected chi connectivity index (χ2v) is 2.85.